The zero-order valence-corrected chi connectivity index (χ0v) is 10.9. The van der Waals surface area contributed by atoms with Gasteiger partial charge in [-0.15, -0.1) is 11.8 Å². The first-order valence-electron chi connectivity index (χ1n) is 5.11. The van der Waals surface area contributed by atoms with Gasteiger partial charge in [-0.3, -0.25) is 0 Å². The molecule has 16 heavy (non-hydrogen) atoms. The summed E-state index contributed by atoms with van der Waals surface area (Å²) in [7, 11) is 0. The zero-order valence-electron chi connectivity index (χ0n) is 9.33. The maximum absolute atomic E-state index is 5.89. The summed E-state index contributed by atoms with van der Waals surface area (Å²) in [5, 5.41) is 0.779. The molecule has 2 aromatic carbocycles. The number of hydrogen-bond acceptors (Lipinski definition) is 1. The Morgan fingerprint density at radius 2 is 1.69 bits per heavy atom. The Morgan fingerprint density at radius 3 is 2.31 bits per heavy atom. The molecule has 2 rings (SSSR count). The third-order valence-corrected chi connectivity index (χ3v) is 3.54. The summed E-state index contributed by atoms with van der Waals surface area (Å²) in [6.45, 7) is 2.12. The Balaban J connectivity index is 2.51. The van der Waals surface area contributed by atoms with E-state index in [9.17, 15) is 0 Å². The van der Waals surface area contributed by atoms with Crippen molar-refractivity contribution in [3.8, 4) is 11.1 Å². The molecule has 0 N–H and O–H groups in total. The summed E-state index contributed by atoms with van der Waals surface area (Å²) in [5.74, 6) is 0. The highest BCUT2D eigenvalue weighted by Gasteiger charge is 2.04. The van der Waals surface area contributed by atoms with Gasteiger partial charge >= 0.3 is 0 Å². The number of thioether (sulfide) groups is 1. The molecule has 0 saturated carbocycles. The molecule has 0 aliphatic rings. The van der Waals surface area contributed by atoms with Gasteiger partial charge in [0.05, 0.1) is 0 Å². The van der Waals surface area contributed by atoms with Crippen LogP contribution in [0.15, 0.2) is 47.4 Å². The average Bonchev–Trinajstić information content (AvgIpc) is 2.30. The maximum Gasteiger partial charge on any atom is 0.0406 e. The Hall–Kier alpha value is -0.920. The third-order valence-electron chi connectivity index (χ3n) is 2.51. The normalized spacial score (nSPS) is 10.4. The van der Waals surface area contributed by atoms with Crippen LogP contribution in [-0.2, 0) is 0 Å². The first-order chi connectivity index (χ1) is 7.70. The van der Waals surface area contributed by atoms with Crippen molar-refractivity contribution in [2.24, 2.45) is 0 Å². The second kappa shape index (κ2) is 4.94. The zero-order chi connectivity index (χ0) is 11.5. The smallest absolute Gasteiger partial charge is 0.0406 e. The third kappa shape index (κ3) is 2.42. The van der Waals surface area contributed by atoms with Crippen LogP contribution in [0.3, 0.4) is 0 Å². The van der Waals surface area contributed by atoms with E-state index in [2.05, 4.69) is 43.5 Å². The maximum atomic E-state index is 5.89. The molecule has 0 bridgehead atoms. The van der Waals surface area contributed by atoms with Gasteiger partial charge in [0.25, 0.3) is 0 Å². The van der Waals surface area contributed by atoms with Gasteiger partial charge in [0, 0.05) is 9.92 Å². The van der Waals surface area contributed by atoms with Crippen LogP contribution in [0.1, 0.15) is 5.56 Å². The Bertz CT molecular complexity index is 489. The predicted octanol–water partition coefficient (Wildman–Crippen LogP) is 5.04. The van der Waals surface area contributed by atoms with E-state index < -0.39 is 0 Å². The Kier molecular flexibility index (Phi) is 3.57. The first kappa shape index (κ1) is 11.6. The topological polar surface area (TPSA) is 0 Å². The first-order valence-corrected chi connectivity index (χ1v) is 6.71. The molecule has 0 aromatic heterocycles. The lowest BCUT2D eigenvalue weighted by atomic mass is 10.0. The Labute approximate surface area is 106 Å². The molecular formula is C14H13ClS. The van der Waals surface area contributed by atoms with Crippen molar-refractivity contribution in [2.75, 3.05) is 6.26 Å². The standard InChI is InChI=1S/C14H13ClS/c1-10-3-8-13(14(9-10)16-2)11-4-6-12(15)7-5-11/h3-9H,1-2H3. The minimum absolute atomic E-state index is 0.779. The van der Waals surface area contributed by atoms with E-state index in [4.69, 9.17) is 11.6 Å². The van der Waals surface area contributed by atoms with E-state index in [0.29, 0.717) is 0 Å². The van der Waals surface area contributed by atoms with Crippen LogP contribution < -0.4 is 0 Å². The fraction of sp³-hybridized carbons (Fsp3) is 0.143. The molecule has 0 heterocycles. The Morgan fingerprint density at radius 1 is 1.00 bits per heavy atom. The van der Waals surface area contributed by atoms with Crippen LogP contribution in [0.25, 0.3) is 11.1 Å². The van der Waals surface area contributed by atoms with E-state index in [0.717, 1.165) is 5.02 Å². The van der Waals surface area contributed by atoms with Gasteiger partial charge in [0.1, 0.15) is 0 Å². The van der Waals surface area contributed by atoms with Gasteiger partial charge in [-0.25, -0.2) is 0 Å². The molecule has 0 radical (unpaired) electrons. The minimum atomic E-state index is 0.779. The van der Waals surface area contributed by atoms with Crippen LogP contribution in [0.5, 0.6) is 0 Å². The lowest BCUT2D eigenvalue weighted by molar-refractivity contribution is 1.36. The van der Waals surface area contributed by atoms with Gasteiger partial charge in [0.2, 0.25) is 0 Å². The van der Waals surface area contributed by atoms with Crippen molar-refractivity contribution in [1.82, 2.24) is 0 Å². The molecule has 2 heteroatoms. The molecule has 0 nitrogen and oxygen atoms in total. The van der Waals surface area contributed by atoms with Crippen LogP contribution in [0.2, 0.25) is 5.02 Å². The van der Waals surface area contributed by atoms with E-state index in [1.54, 1.807) is 11.8 Å². The summed E-state index contributed by atoms with van der Waals surface area (Å²) < 4.78 is 0. The van der Waals surface area contributed by atoms with Gasteiger partial charge < -0.3 is 0 Å². The van der Waals surface area contributed by atoms with Crippen molar-refractivity contribution < 1.29 is 0 Å². The van der Waals surface area contributed by atoms with Crippen LogP contribution >= 0.6 is 23.4 Å². The molecule has 0 aliphatic carbocycles. The molecule has 0 fully saturated rings. The number of rotatable bonds is 2. The number of halogens is 1. The lowest BCUT2D eigenvalue weighted by Crippen LogP contribution is -1.83. The number of benzene rings is 2. The number of hydrogen-bond donors (Lipinski definition) is 0. The highest BCUT2D eigenvalue weighted by molar-refractivity contribution is 7.98. The average molecular weight is 249 g/mol. The molecule has 2 aromatic rings. The molecule has 0 spiro atoms. The predicted molar refractivity (Wildman–Crippen MR) is 73.4 cm³/mol. The highest BCUT2D eigenvalue weighted by atomic mass is 35.5. The van der Waals surface area contributed by atoms with E-state index >= 15 is 0 Å². The highest BCUT2D eigenvalue weighted by Crippen LogP contribution is 2.31. The van der Waals surface area contributed by atoms with Crippen LogP contribution in [0.4, 0.5) is 0 Å². The van der Waals surface area contributed by atoms with Gasteiger partial charge in [-0.2, -0.15) is 0 Å². The quantitative estimate of drug-likeness (QED) is 0.671. The SMILES string of the molecule is CSc1cc(C)ccc1-c1ccc(Cl)cc1. The van der Waals surface area contributed by atoms with Gasteiger partial charge in [-0.1, -0.05) is 35.9 Å². The van der Waals surface area contributed by atoms with E-state index in [-0.39, 0.29) is 0 Å². The van der Waals surface area contributed by atoms with Gasteiger partial charge in [0.15, 0.2) is 0 Å². The van der Waals surface area contributed by atoms with Crippen LogP contribution in [-0.4, -0.2) is 6.26 Å². The van der Waals surface area contributed by atoms with Crippen molar-refractivity contribution >= 4 is 23.4 Å². The minimum Gasteiger partial charge on any atom is -0.129 e. The summed E-state index contributed by atoms with van der Waals surface area (Å²) in [4.78, 5) is 1.31. The fourth-order valence-electron chi connectivity index (χ4n) is 1.67. The summed E-state index contributed by atoms with van der Waals surface area (Å²) in [5.41, 5.74) is 3.78. The molecule has 0 atom stereocenters. The van der Waals surface area contributed by atoms with Crippen LogP contribution in [0, 0.1) is 6.92 Å². The molecule has 0 aliphatic heterocycles. The second-order valence-electron chi connectivity index (χ2n) is 3.71. The molecule has 0 unspecified atom stereocenters. The molecule has 0 amide bonds. The summed E-state index contributed by atoms with van der Waals surface area (Å²) >= 11 is 7.67. The largest absolute Gasteiger partial charge is 0.129 e. The van der Waals surface area contributed by atoms with E-state index in [1.807, 2.05) is 12.1 Å². The number of aryl methyl sites for hydroxylation is 1. The van der Waals surface area contributed by atoms with Crippen molar-refractivity contribution in [1.29, 1.82) is 0 Å². The van der Waals surface area contributed by atoms with Crippen molar-refractivity contribution in [2.45, 2.75) is 11.8 Å². The summed E-state index contributed by atoms with van der Waals surface area (Å²) in [6, 6.07) is 14.5. The van der Waals surface area contributed by atoms with Crippen molar-refractivity contribution in [3.05, 3.63) is 53.1 Å². The monoisotopic (exact) mass is 248 g/mol. The second-order valence-corrected chi connectivity index (χ2v) is 5.00. The van der Waals surface area contributed by atoms with E-state index in [1.165, 1.54) is 21.6 Å². The molecular weight excluding hydrogens is 236 g/mol. The fourth-order valence-corrected chi connectivity index (χ4v) is 2.50. The lowest BCUT2D eigenvalue weighted by Gasteiger charge is -2.08. The summed E-state index contributed by atoms with van der Waals surface area (Å²) in [6.07, 6.45) is 2.11. The molecule has 82 valence electrons. The van der Waals surface area contributed by atoms with Gasteiger partial charge in [-0.05, 0) is 48.1 Å². The van der Waals surface area contributed by atoms with Crippen molar-refractivity contribution in [3.63, 3.8) is 0 Å². The molecule has 0 saturated heterocycles.